The fourth-order valence-corrected chi connectivity index (χ4v) is 4.85. The summed E-state index contributed by atoms with van der Waals surface area (Å²) >= 11 is 0. The van der Waals surface area contributed by atoms with Crippen molar-refractivity contribution in [1.29, 1.82) is 5.26 Å². The van der Waals surface area contributed by atoms with Crippen molar-refractivity contribution < 1.29 is 9.53 Å². The minimum atomic E-state index is -0.593. The number of aromatic nitrogens is 4. The molecule has 0 spiro atoms. The lowest BCUT2D eigenvalue weighted by Crippen LogP contribution is -2.24. The smallest absolute Gasteiger partial charge is 0.281 e. The number of ether oxygens (including phenoxy) is 1. The maximum atomic E-state index is 13.3. The number of pyridine rings is 1. The predicted molar refractivity (Wildman–Crippen MR) is 134 cm³/mol. The molecule has 36 heavy (non-hydrogen) atoms. The number of H-pyrrole nitrogens is 1. The van der Waals surface area contributed by atoms with Crippen LogP contribution in [0.1, 0.15) is 33.1 Å². The maximum Gasteiger partial charge on any atom is 0.281 e. The Morgan fingerprint density at radius 3 is 2.53 bits per heavy atom. The zero-order chi connectivity index (χ0) is 24.8. The van der Waals surface area contributed by atoms with Crippen LogP contribution in [0, 0.1) is 18.3 Å². The molecule has 8 heteroatoms. The minimum absolute atomic E-state index is 0.0528. The fraction of sp³-hybridized carbons (Fsp3) is 0.0714. The second kappa shape index (κ2) is 8.25. The molecule has 1 unspecified atom stereocenters. The number of carbonyl (C=O) groups is 1. The third kappa shape index (κ3) is 3.18. The van der Waals surface area contributed by atoms with Gasteiger partial charge in [0, 0.05) is 28.9 Å². The molecule has 174 valence electrons. The van der Waals surface area contributed by atoms with Gasteiger partial charge >= 0.3 is 0 Å². The molecule has 8 nitrogen and oxygen atoms in total. The van der Waals surface area contributed by atoms with E-state index in [1.165, 1.54) is 4.68 Å². The van der Waals surface area contributed by atoms with Crippen LogP contribution in [-0.4, -0.2) is 25.7 Å². The Balaban J connectivity index is 1.64. The van der Waals surface area contributed by atoms with E-state index in [1.807, 2.05) is 54.6 Å². The van der Waals surface area contributed by atoms with E-state index in [9.17, 15) is 10.1 Å². The van der Waals surface area contributed by atoms with Gasteiger partial charge in [-0.2, -0.15) is 15.0 Å². The van der Waals surface area contributed by atoms with Crippen molar-refractivity contribution in [2.75, 3.05) is 0 Å². The summed E-state index contributed by atoms with van der Waals surface area (Å²) in [6.45, 7) is 1.80. The molecule has 1 aliphatic rings. The van der Waals surface area contributed by atoms with E-state index in [2.05, 4.69) is 21.1 Å². The van der Waals surface area contributed by atoms with Gasteiger partial charge in [-0.05, 0) is 36.2 Å². The van der Waals surface area contributed by atoms with Crippen molar-refractivity contribution in [3.05, 3.63) is 113 Å². The van der Waals surface area contributed by atoms with Gasteiger partial charge in [0.1, 0.15) is 11.6 Å². The normalized spacial score (nSPS) is 14.8. The van der Waals surface area contributed by atoms with E-state index in [1.54, 1.807) is 31.5 Å². The summed E-state index contributed by atoms with van der Waals surface area (Å²) in [4.78, 5) is 20.9. The molecule has 5 aromatic rings. The molecule has 3 N–H and O–H groups in total. The maximum absolute atomic E-state index is 13.3. The van der Waals surface area contributed by atoms with E-state index in [-0.39, 0.29) is 23.2 Å². The van der Waals surface area contributed by atoms with Crippen LogP contribution < -0.4 is 10.5 Å². The standard InChI is InChI=1S/C28H20N6O2/c1-16-22-23(24-19-9-5-6-10-21(19)32-25(24)17-7-3-2-4-8-17)20(15-29)26(30)36-28(22)34(33-16)27(35)18-11-13-31-14-12-18/h2-14,23,32H,30H2,1H3. The number of nitrogens with one attached hydrogen (secondary N) is 1. The van der Waals surface area contributed by atoms with Gasteiger partial charge in [-0.3, -0.25) is 9.78 Å². The predicted octanol–water partition coefficient (Wildman–Crippen LogP) is 4.64. The Hall–Kier alpha value is -5.16. The molecular formula is C28H20N6O2. The molecule has 0 fully saturated rings. The van der Waals surface area contributed by atoms with Crippen LogP contribution in [0.5, 0.6) is 5.88 Å². The number of carbonyl (C=O) groups excluding carboxylic acids is 1. The monoisotopic (exact) mass is 472 g/mol. The van der Waals surface area contributed by atoms with Crippen molar-refractivity contribution in [2.45, 2.75) is 12.8 Å². The van der Waals surface area contributed by atoms with Crippen LogP contribution in [0.3, 0.4) is 0 Å². The fourth-order valence-electron chi connectivity index (χ4n) is 4.85. The number of aryl methyl sites for hydroxylation is 1. The second-order valence-electron chi connectivity index (χ2n) is 8.51. The molecule has 0 saturated carbocycles. The van der Waals surface area contributed by atoms with E-state index in [4.69, 9.17) is 10.5 Å². The number of hydrogen-bond donors (Lipinski definition) is 2. The van der Waals surface area contributed by atoms with Crippen molar-refractivity contribution >= 4 is 16.8 Å². The van der Waals surface area contributed by atoms with Crippen LogP contribution in [-0.2, 0) is 0 Å². The number of hydrogen-bond acceptors (Lipinski definition) is 6. The average molecular weight is 473 g/mol. The number of rotatable bonds is 3. The quantitative estimate of drug-likeness (QED) is 0.394. The lowest BCUT2D eigenvalue weighted by atomic mass is 9.81. The molecule has 0 amide bonds. The van der Waals surface area contributed by atoms with E-state index < -0.39 is 5.92 Å². The Kier molecular flexibility index (Phi) is 4.90. The molecule has 1 aliphatic heterocycles. The van der Waals surface area contributed by atoms with E-state index in [0.29, 0.717) is 16.8 Å². The largest absolute Gasteiger partial charge is 0.422 e. The Morgan fingerprint density at radius 2 is 1.78 bits per heavy atom. The van der Waals surface area contributed by atoms with Crippen molar-refractivity contribution in [3.63, 3.8) is 0 Å². The van der Waals surface area contributed by atoms with Gasteiger partial charge < -0.3 is 15.5 Å². The molecule has 4 heterocycles. The van der Waals surface area contributed by atoms with Crippen LogP contribution in [0.2, 0.25) is 0 Å². The highest BCUT2D eigenvalue weighted by molar-refractivity contribution is 5.97. The number of fused-ring (bicyclic) bond motifs is 2. The van der Waals surface area contributed by atoms with Crippen molar-refractivity contribution in [3.8, 4) is 23.2 Å². The lowest BCUT2D eigenvalue weighted by Gasteiger charge is -2.25. The summed E-state index contributed by atoms with van der Waals surface area (Å²) in [6, 6.07) is 23.3. The Bertz CT molecular complexity index is 1710. The van der Waals surface area contributed by atoms with Gasteiger partial charge in [-0.15, -0.1) is 0 Å². The number of aromatic amines is 1. The second-order valence-corrected chi connectivity index (χ2v) is 8.51. The molecule has 0 bridgehead atoms. The average Bonchev–Trinajstić information content (AvgIpc) is 3.46. The van der Waals surface area contributed by atoms with Crippen LogP contribution in [0.4, 0.5) is 0 Å². The molecule has 2 aromatic carbocycles. The van der Waals surface area contributed by atoms with Crippen molar-refractivity contribution in [2.24, 2.45) is 5.73 Å². The lowest BCUT2D eigenvalue weighted by molar-refractivity contribution is 0.0933. The third-order valence-corrected chi connectivity index (χ3v) is 6.45. The molecular weight excluding hydrogens is 452 g/mol. The number of nitrogens with zero attached hydrogens (tertiary/aromatic N) is 4. The Morgan fingerprint density at radius 1 is 1.06 bits per heavy atom. The number of benzene rings is 2. The summed E-state index contributed by atoms with van der Waals surface area (Å²) in [6.07, 6.45) is 3.08. The molecule has 6 rings (SSSR count). The first kappa shape index (κ1) is 21.4. The summed E-state index contributed by atoms with van der Waals surface area (Å²) in [5.74, 6) is -0.817. The summed E-state index contributed by atoms with van der Waals surface area (Å²) < 4.78 is 7.12. The number of nitrogens with two attached hydrogens (primary N) is 1. The van der Waals surface area contributed by atoms with Gasteiger partial charge in [-0.25, -0.2) is 0 Å². The third-order valence-electron chi connectivity index (χ3n) is 6.45. The van der Waals surface area contributed by atoms with Gasteiger partial charge in [0.05, 0.1) is 22.9 Å². The molecule has 0 radical (unpaired) electrons. The summed E-state index contributed by atoms with van der Waals surface area (Å²) in [7, 11) is 0. The zero-order valence-corrected chi connectivity index (χ0v) is 19.3. The van der Waals surface area contributed by atoms with Gasteiger partial charge in [-0.1, -0.05) is 48.5 Å². The SMILES string of the molecule is Cc1nn(C(=O)c2ccncc2)c2c1C(c1c(-c3ccccc3)[nH]c3ccccc13)C(C#N)=C(N)O2. The van der Waals surface area contributed by atoms with Gasteiger partial charge in [0.15, 0.2) is 0 Å². The molecule has 1 atom stereocenters. The van der Waals surface area contributed by atoms with Gasteiger partial charge in [0.25, 0.3) is 5.91 Å². The summed E-state index contributed by atoms with van der Waals surface area (Å²) in [5.41, 5.74) is 11.8. The van der Waals surface area contributed by atoms with Crippen LogP contribution >= 0.6 is 0 Å². The Labute approximate surface area is 206 Å². The molecule has 0 saturated heterocycles. The topological polar surface area (TPSA) is 123 Å². The number of nitriles is 1. The van der Waals surface area contributed by atoms with Crippen LogP contribution in [0.25, 0.3) is 22.2 Å². The minimum Gasteiger partial charge on any atom is -0.422 e. The van der Waals surface area contributed by atoms with E-state index in [0.717, 1.165) is 27.7 Å². The van der Waals surface area contributed by atoms with Crippen LogP contribution in [0.15, 0.2) is 90.6 Å². The number of para-hydroxylation sites is 1. The van der Waals surface area contributed by atoms with Crippen molar-refractivity contribution in [1.82, 2.24) is 19.7 Å². The molecule has 0 aliphatic carbocycles. The van der Waals surface area contributed by atoms with E-state index >= 15 is 0 Å². The highest BCUT2D eigenvalue weighted by Crippen LogP contribution is 2.48. The first-order valence-electron chi connectivity index (χ1n) is 11.4. The van der Waals surface area contributed by atoms with Gasteiger partial charge in [0.2, 0.25) is 11.8 Å². The first-order chi connectivity index (χ1) is 17.6. The summed E-state index contributed by atoms with van der Waals surface area (Å²) in [5, 5.41) is 15.7. The highest BCUT2D eigenvalue weighted by atomic mass is 16.5. The first-order valence-corrected chi connectivity index (χ1v) is 11.4. The zero-order valence-electron chi connectivity index (χ0n) is 19.3. The molecule has 3 aromatic heterocycles. The highest BCUT2D eigenvalue weighted by Gasteiger charge is 2.39. The number of allylic oxidation sites excluding steroid dienone is 1.